The van der Waals surface area contributed by atoms with Crippen LogP contribution in [0.5, 0.6) is 0 Å². The van der Waals surface area contributed by atoms with E-state index in [1.807, 2.05) is 32.0 Å². The minimum atomic E-state index is -0.521. The summed E-state index contributed by atoms with van der Waals surface area (Å²) in [5, 5.41) is 13.6. The van der Waals surface area contributed by atoms with Crippen molar-refractivity contribution < 1.29 is 9.90 Å². The molecule has 1 aromatic carbocycles. The summed E-state index contributed by atoms with van der Waals surface area (Å²) in [6, 6.07) is 10.1. The molecule has 2 aromatic rings. The van der Waals surface area contributed by atoms with E-state index in [9.17, 15) is 9.90 Å². The van der Waals surface area contributed by atoms with Gasteiger partial charge in [0.2, 0.25) is 0 Å². The maximum atomic E-state index is 12.6. The van der Waals surface area contributed by atoms with E-state index in [1.165, 1.54) is 16.9 Å². The second-order valence-electron chi connectivity index (χ2n) is 6.49. The highest BCUT2D eigenvalue weighted by Gasteiger charge is 2.42. The van der Waals surface area contributed by atoms with Crippen LogP contribution in [0.4, 0.5) is 0 Å². The van der Waals surface area contributed by atoms with Crippen molar-refractivity contribution in [2.45, 2.75) is 38.6 Å². The molecule has 0 saturated heterocycles. The lowest BCUT2D eigenvalue weighted by Gasteiger charge is -2.28. The van der Waals surface area contributed by atoms with Crippen LogP contribution in [-0.2, 0) is 6.42 Å². The van der Waals surface area contributed by atoms with Crippen molar-refractivity contribution in [2.75, 3.05) is 6.61 Å². The SMILES string of the molecule is Cc1nc(Cc2ccccc2)sc1C(=O)NC(C)(CO)C1CC1. The molecule has 1 heterocycles. The lowest BCUT2D eigenvalue weighted by Crippen LogP contribution is -2.50. The summed E-state index contributed by atoms with van der Waals surface area (Å²) in [4.78, 5) is 17.8. The number of hydrogen-bond acceptors (Lipinski definition) is 4. The number of aliphatic hydroxyl groups is 1. The lowest BCUT2D eigenvalue weighted by molar-refractivity contribution is 0.0828. The Kier molecular flexibility index (Phi) is 4.50. The summed E-state index contributed by atoms with van der Waals surface area (Å²) < 4.78 is 0. The summed E-state index contributed by atoms with van der Waals surface area (Å²) in [6.45, 7) is 3.76. The smallest absolute Gasteiger partial charge is 0.263 e. The fourth-order valence-corrected chi connectivity index (χ4v) is 3.81. The molecular formula is C18H22N2O2S. The lowest BCUT2D eigenvalue weighted by atomic mass is 9.97. The van der Waals surface area contributed by atoms with Crippen LogP contribution in [0.3, 0.4) is 0 Å². The third-order valence-corrected chi connectivity index (χ3v) is 5.61. The van der Waals surface area contributed by atoms with E-state index in [0.29, 0.717) is 10.8 Å². The molecule has 23 heavy (non-hydrogen) atoms. The first-order valence-corrected chi connectivity index (χ1v) is 8.77. The third kappa shape index (κ3) is 3.62. The van der Waals surface area contributed by atoms with Crippen LogP contribution in [0, 0.1) is 12.8 Å². The average molecular weight is 330 g/mol. The summed E-state index contributed by atoms with van der Waals surface area (Å²) >= 11 is 1.44. The van der Waals surface area contributed by atoms with Gasteiger partial charge in [-0.1, -0.05) is 30.3 Å². The molecule has 1 unspecified atom stereocenters. The van der Waals surface area contributed by atoms with Gasteiger partial charge in [-0.25, -0.2) is 4.98 Å². The molecule has 0 radical (unpaired) electrons. The second-order valence-corrected chi connectivity index (χ2v) is 7.57. The van der Waals surface area contributed by atoms with E-state index < -0.39 is 5.54 Å². The molecule has 4 nitrogen and oxygen atoms in total. The van der Waals surface area contributed by atoms with Crippen LogP contribution < -0.4 is 5.32 Å². The number of hydrogen-bond donors (Lipinski definition) is 2. The number of aryl methyl sites for hydroxylation is 1. The van der Waals surface area contributed by atoms with Crippen LogP contribution >= 0.6 is 11.3 Å². The largest absolute Gasteiger partial charge is 0.394 e. The van der Waals surface area contributed by atoms with Crippen molar-refractivity contribution in [3.05, 3.63) is 51.5 Å². The minimum absolute atomic E-state index is 0.0296. The summed E-state index contributed by atoms with van der Waals surface area (Å²) in [5.41, 5.74) is 1.42. The zero-order valence-corrected chi connectivity index (χ0v) is 14.3. The normalized spacial score (nSPS) is 16.8. The van der Waals surface area contributed by atoms with Gasteiger partial charge in [0.15, 0.2) is 0 Å². The zero-order chi connectivity index (χ0) is 16.4. The Morgan fingerprint density at radius 1 is 1.39 bits per heavy atom. The van der Waals surface area contributed by atoms with Crippen molar-refractivity contribution in [1.29, 1.82) is 0 Å². The van der Waals surface area contributed by atoms with Gasteiger partial charge in [0, 0.05) is 6.42 Å². The summed E-state index contributed by atoms with van der Waals surface area (Å²) in [5.74, 6) is 0.260. The molecule has 5 heteroatoms. The summed E-state index contributed by atoms with van der Waals surface area (Å²) in [6.07, 6.45) is 2.87. The Morgan fingerprint density at radius 2 is 2.09 bits per heavy atom. The number of aliphatic hydroxyl groups excluding tert-OH is 1. The number of amides is 1. The van der Waals surface area contributed by atoms with Crippen LogP contribution in [-0.4, -0.2) is 28.1 Å². The standard InChI is InChI=1S/C18H22N2O2S/c1-12-16(17(22)20-18(2,11-21)14-8-9-14)23-15(19-12)10-13-6-4-3-5-7-13/h3-7,14,21H,8-11H2,1-2H3,(H,20,22). The van der Waals surface area contributed by atoms with Crippen molar-refractivity contribution in [2.24, 2.45) is 5.92 Å². The first-order valence-electron chi connectivity index (χ1n) is 7.95. The molecule has 1 fully saturated rings. The van der Waals surface area contributed by atoms with E-state index in [0.717, 1.165) is 30.0 Å². The maximum absolute atomic E-state index is 12.6. The Hall–Kier alpha value is -1.72. The van der Waals surface area contributed by atoms with Gasteiger partial charge < -0.3 is 10.4 Å². The van der Waals surface area contributed by atoms with Crippen LogP contribution in [0.25, 0.3) is 0 Å². The Bertz CT molecular complexity index is 694. The zero-order valence-electron chi connectivity index (χ0n) is 13.5. The number of nitrogens with zero attached hydrogens (tertiary/aromatic N) is 1. The highest BCUT2D eigenvalue weighted by atomic mass is 32.1. The van der Waals surface area contributed by atoms with E-state index in [1.54, 1.807) is 0 Å². The predicted octanol–water partition coefficient (Wildman–Crippen LogP) is 2.93. The average Bonchev–Trinajstić information content (AvgIpc) is 3.33. The van der Waals surface area contributed by atoms with E-state index in [2.05, 4.69) is 22.4 Å². The molecule has 1 aliphatic carbocycles. The number of carbonyl (C=O) groups excluding carboxylic acids is 1. The molecule has 0 bridgehead atoms. The summed E-state index contributed by atoms with van der Waals surface area (Å²) in [7, 11) is 0. The molecular weight excluding hydrogens is 308 g/mol. The van der Waals surface area contributed by atoms with Crippen molar-refractivity contribution in [1.82, 2.24) is 10.3 Å². The molecule has 1 aliphatic rings. The van der Waals surface area contributed by atoms with Gasteiger partial charge in [0.25, 0.3) is 5.91 Å². The van der Waals surface area contributed by atoms with Gasteiger partial charge in [0.05, 0.1) is 22.8 Å². The number of rotatable bonds is 6. The van der Waals surface area contributed by atoms with Gasteiger partial charge >= 0.3 is 0 Å². The Morgan fingerprint density at radius 3 is 2.70 bits per heavy atom. The monoisotopic (exact) mass is 330 g/mol. The molecule has 122 valence electrons. The highest BCUT2D eigenvalue weighted by molar-refractivity contribution is 7.13. The molecule has 3 rings (SSSR count). The minimum Gasteiger partial charge on any atom is -0.394 e. The molecule has 1 amide bonds. The molecule has 1 saturated carbocycles. The van der Waals surface area contributed by atoms with E-state index in [-0.39, 0.29) is 12.5 Å². The fourth-order valence-electron chi connectivity index (χ4n) is 2.82. The second kappa shape index (κ2) is 6.42. The molecule has 0 spiro atoms. The Labute approximate surface area is 140 Å². The van der Waals surface area contributed by atoms with Gasteiger partial charge in [-0.3, -0.25) is 4.79 Å². The molecule has 0 aliphatic heterocycles. The van der Waals surface area contributed by atoms with E-state index >= 15 is 0 Å². The Balaban J connectivity index is 1.74. The van der Waals surface area contributed by atoms with E-state index in [4.69, 9.17) is 0 Å². The van der Waals surface area contributed by atoms with Gasteiger partial charge in [-0.15, -0.1) is 11.3 Å². The third-order valence-electron chi connectivity index (χ3n) is 4.45. The van der Waals surface area contributed by atoms with Crippen LogP contribution in [0.15, 0.2) is 30.3 Å². The highest BCUT2D eigenvalue weighted by Crippen LogP contribution is 2.39. The molecule has 1 atom stereocenters. The van der Waals surface area contributed by atoms with Crippen molar-refractivity contribution in [3.8, 4) is 0 Å². The van der Waals surface area contributed by atoms with Crippen molar-refractivity contribution in [3.63, 3.8) is 0 Å². The number of aromatic nitrogens is 1. The topological polar surface area (TPSA) is 62.2 Å². The van der Waals surface area contributed by atoms with Gasteiger partial charge in [-0.2, -0.15) is 0 Å². The predicted molar refractivity (Wildman–Crippen MR) is 91.8 cm³/mol. The number of thiazole rings is 1. The van der Waals surface area contributed by atoms with Crippen molar-refractivity contribution >= 4 is 17.2 Å². The first-order chi connectivity index (χ1) is 11.0. The number of carbonyl (C=O) groups is 1. The van der Waals surface area contributed by atoms with Crippen LogP contribution in [0.2, 0.25) is 0 Å². The van der Waals surface area contributed by atoms with Gasteiger partial charge in [0.1, 0.15) is 4.88 Å². The first kappa shape index (κ1) is 16.1. The quantitative estimate of drug-likeness (QED) is 0.856. The molecule has 1 aromatic heterocycles. The molecule has 2 N–H and O–H groups in total. The van der Waals surface area contributed by atoms with Crippen LogP contribution in [0.1, 0.15) is 45.7 Å². The number of benzene rings is 1. The maximum Gasteiger partial charge on any atom is 0.263 e. The fraction of sp³-hybridized carbons (Fsp3) is 0.444. The number of nitrogens with one attached hydrogen (secondary N) is 1. The van der Waals surface area contributed by atoms with Gasteiger partial charge in [-0.05, 0) is 38.2 Å².